The number of aryl methyl sites for hydroxylation is 1. The second-order valence-corrected chi connectivity index (χ2v) is 4.48. The van der Waals surface area contributed by atoms with Gasteiger partial charge in [0.2, 0.25) is 0 Å². The molecule has 104 valence electrons. The van der Waals surface area contributed by atoms with Crippen molar-refractivity contribution in [1.29, 1.82) is 0 Å². The van der Waals surface area contributed by atoms with Crippen molar-refractivity contribution in [2.24, 2.45) is 0 Å². The van der Waals surface area contributed by atoms with Crippen molar-refractivity contribution in [1.82, 2.24) is 15.7 Å². The zero-order chi connectivity index (χ0) is 14.0. The first-order chi connectivity index (χ1) is 9.10. The van der Waals surface area contributed by atoms with Gasteiger partial charge in [-0.1, -0.05) is 19.1 Å². The minimum absolute atomic E-state index is 0.117. The molecule has 1 aliphatic heterocycles. The lowest BCUT2D eigenvalue weighted by Gasteiger charge is -2.24. The molecule has 1 aromatic carbocycles. The van der Waals surface area contributed by atoms with Crippen LogP contribution in [0.2, 0.25) is 0 Å². The molecule has 0 bridgehead atoms. The van der Waals surface area contributed by atoms with Crippen molar-refractivity contribution in [3.8, 4) is 0 Å². The van der Waals surface area contributed by atoms with E-state index < -0.39 is 0 Å². The fraction of sp³-hybridized carbons (Fsp3) is 0.462. The van der Waals surface area contributed by atoms with E-state index in [0.717, 1.165) is 17.7 Å². The van der Waals surface area contributed by atoms with E-state index in [1.165, 1.54) is 10.6 Å². The maximum Gasteiger partial charge on any atom is 0.355 e. The molecule has 2 rings (SSSR count). The van der Waals surface area contributed by atoms with Crippen LogP contribution in [-0.4, -0.2) is 37.4 Å². The molecule has 6 heteroatoms. The molecule has 1 fully saturated rings. The number of nitrogens with zero attached hydrogens (tertiary/aromatic N) is 3. The first-order valence-corrected chi connectivity index (χ1v) is 6.27. The molecule has 0 aromatic heterocycles. The molecule has 0 saturated carbocycles. The van der Waals surface area contributed by atoms with Crippen LogP contribution in [0.4, 0.5) is 10.5 Å². The number of benzene rings is 1. The number of rotatable bonds is 4. The number of nitrogens with one attached hydrogen (secondary N) is 1. The summed E-state index contributed by atoms with van der Waals surface area (Å²) in [5.74, 6) is 0. The fourth-order valence-electron chi connectivity index (χ4n) is 2.30. The van der Waals surface area contributed by atoms with Crippen LogP contribution in [0.1, 0.15) is 18.1 Å². The summed E-state index contributed by atoms with van der Waals surface area (Å²) in [6, 6.07) is 5.85. The highest BCUT2D eigenvalue weighted by atomic mass is 16.5. The number of hydrogen-bond acceptors (Lipinski definition) is 4. The van der Waals surface area contributed by atoms with Crippen molar-refractivity contribution in [2.75, 3.05) is 26.2 Å². The molecule has 1 N–H and O–H groups in total. The van der Waals surface area contributed by atoms with Gasteiger partial charge in [0.05, 0.1) is 12.3 Å². The van der Waals surface area contributed by atoms with Crippen LogP contribution in [0.3, 0.4) is 0 Å². The maximum absolute atomic E-state index is 12.2. The molecule has 1 aliphatic rings. The smallest absolute Gasteiger partial charge is 0.355 e. The molecule has 1 heterocycles. The van der Waals surface area contributed by atoms with Crippen molar-refractivity contribution < 1.29 is 9.53 Å². The first kappa shape index (κ1) is 13.8. The van der Waals surface area contributed by atoms with Gasteiger partial charge in [0.15, 0.2) is 0 Å². The minimum Gasteiger partial charge on any atom is -0.380 e. The van der Waals surface area contributed by atoms with E-state index in [-0.39, 0.29) is 6.03 Å². The lowest BCUT2D eigenvalue weighted by molar-refractivity contribution is 0.166. The van der Waals surface area contributed by atoms with Crippen molar-refractivity contribution in [2.45, 2.75) is 20.0 Å². The van der Waals surface area contributed by atoms with Gasteiger partial charge in [0, 0.05) is 26.8 Å². The van der Waals surface area contributed by atoms with Gasteiger partial charge in [0.25, 0.3) is 0 Å². The van der Waals surface area contributed by atoms with Crippen LogP contribution in [0.5, 0.6) is 0 Å². The summed E-state index contributed by atoms with van der Waals surface area (Å²) in [6.45, 7) is 2.58. The van der Waals surface area contributed by atoms with Crippen LogP contribution in [-0.2, 0) is 17.8 Å². The van der Waals surface area contributed by atoms with Crippen molar-refractivity contribution >= 4 is 11.7 Å². The monoisotopic (exact) mass is 264 g/mol. The van der Waals surface area contributed by atoms with E-state index in [2.05, 4.69) is 18.5 Å². The number of methoxy groups -OCH3 is 1. The predicted octanol–water partition coefficient (Wildman–Crippen LogP) is 1.53. The Morgan fingerprint density at radius 1 is 1.32 bits per heavy atom. The molecule has 1 saturated heterocycles. The molecule has 1 aromatic rings. The number of carbonyl (C=O) groups excluding carboxylic acids is 1. The topological polar surface area (TPSA) is 48.1 Å². The molecule has 0 atom stereocenters. The van der Waals surface area contributed by atoms with E-state index in [0.29, 0.717) is 6.61 Å². The van der Waals surface area contributed by atoms with Crippen LogP contribution < -0.4 is 10.5 Å². The van der Waals surface area contributed by atoms with Gasteiger partial charge in [0.1, 0.15) is 0 Å². The summed E-state index contributed by atoms with van der Waals surface area (Å²) in [4.78, 5) is 12.2. The van der Waals surface area contributed by atoms with E-state index in [1.54, 1.807) is 31.3 Å². The highest BCUT2D eigenvalue weighted by Gasteiger charge is 2.33. The number of hydrazine groups is 3. The Balaban J connectivity index is 2.46. The lowest BCUT2D eigenvalue weighted by Crippen LogP contribution is -2.40. The molecule has 0 radical (unpaired) electrons. The SMILES string of the molecule is CCc1cccc(N2C(=O)N(C)NN2C)c1COC. The number of carbonyl (C=O) groups is 1. The second-order valence-electron chi connectivity index (χ2n) is 4.48. The standard InChI is InChI=1S/C13H20N4O2/c1-5-10-7-6-8-12(11(10)9-19-4)17-13(18)15(2)14-16(17)3/h6-8,14H,5,9H2,1-4H3. The average molecular weight is 264 g/mol. The maximum atomic E-state index is 12.2. The van der Waals surface area contributed by atoms with Gasteiger partial charge >= 0.3 is 6.03 Å². The number of urea groups is 1. The third-order valence-electron chi connectivity index (χ3n) is 3.21. The van der Waals surface area contributed by atoms with Crippen LogP contribution in [0.15, 0.2) is 18.2 Å². The molecule has 2 amide bonds. The summed E-state index contributed by atoms with van der Waals surface area (Å²) in [5.41, 5.74) is 6.01. The Morgan fingerprint density at radius 3 is 2.58 bits per heavy atom. The molecule has 0 spiro atoms. The third kappa shape index (κ3) is 2.42. The largest absolute Gasteiger partial charge is 0.380 e. The summed E-state index contributed by atoms with van der Waals surface area (Å²) in [7, 11) is 5.16. The first-order valence-electron chi connectivity index (χ1n) is 6.27. The van der Waals surface area contributed by atoms with Gasteiger partial charge in [-0.2, -0.15) is 0 Å². The van der Waals surface area contributed by atoms with Crippen LogP contribution >= 0.6 is 0 Å². The normalized spacial score (nSPS) is 16.5. The van der Waals surface area contributed by atoms with Crippen molar-refractivity contribution in [3.05, 3.63) is 29.3 Å². The summed E-state index contributed by atoms with van der Waals surface area (Å²) in [5, 5.41) is 4.71. The molecule has 6 nitrogen and oxygen atoms in total. The van der Waals surface area contributed by atoms with E-state index >= 15 is 0 Å². The Morgan fingerprint density at radius 2 is 2.05 bits per heavy atom. The summed E-state index contributed by atoms with van der Waals surface area (Å²) < 4.78 is 5.28. The Hall–Kier alpha value is -1.63. The Bertz CT molecular complexity index is 478. The minimum atomic E-state index is -0.117. The zero-order valence-electron chi connectivity index (χ0n) is 11.8. The van der Waals surface area contributed by atoms with Crippen LogP contribution in [0, 0.1) is 0 Å². The number of hydrogen-bond donors (Lipinski definition) is 1. The summed E-state index contributed by atoms with van der Waals surface area (Å²) in [6.07, 6.45) is 0.904. The third-order valence-corrected chi connectivity index (χ3v) is 3.21. The van der Waals surface area contributed by atoms with Crippen LogP contribution in [0.25, 0.3) is 0 Å². The van der Waals surface area contributed by atoms with Gasteiger partial charge < -0.3 is 4.74 Å². The van der Waals surface area contributed by atoms with E-state index in [1.807, 2.05) is 12.1 Å². The Labute approximate surface area is 113 Å². The summed E-state index contributed by atoms with van der Waals surface area (Å²) >= 11 is 0. The fourth-order valence-corrected chi connectivity index (χ4v) is 2.30. The number of amides is 2. The van der Waals surface area contributed by atoms with E-state index in [9.17, 15) is 4.79 Å². The molecule has 19 heavy (non-hydrogen) atoms. The molecular weight excluding hydrogens is 244 g/mol. The van der Waals surface area contributed by atoms with Gasteiger partial charge in [-0.25, -0.2) is 14.8 Å². The van der Waals surface area contributed by atoms with Gasteiger partial charge in [-0.3, -0.25) is 0 Å². The molecular formula is C13H20N4O2. The lowest BCUT2D eigenvalue weighted by atomic mass is 10.0. The second kappa shape index (κ2) is 5.56. The number of anilines is 1. The predicted molar refractivity (Wildman–Crippen MR) is 73.1 cm³/mol. The van der Waals surface area contributed by atoms with Gasteiger partial charge in [-0.15, -0.1) is 10.7 Å². The highest BCUT2D eigenvalue weighted by Crippen LogP contribution is 2.28. The van der Waals surface area contributed by atoms with Gasteiger partial charge in [-0.05, 0) is 18.1 Å². The quantitative estimate of drug-likeness (QED) is 0.896. The molecule has 0 unspecified atom stereocenters. The van der Waals surface area contributed by atoms with Crippen molar-refractivity contribution in [3.63, 3.8) is 0 Å². The zero-order valence-corrected chi connectivity index (χ0v) is 11.8. The van der Waals surface area contributed by atoms with E-state index in [4.69, 9.17) is 4.74 Å². The highest BCUT2D eigenvalue weighted by molar-refractivity contribution is 5.92. The molecule has 0 aliphatic carbocycles. The number of ether oxygens (including phenoxy) is 1. The Kier molecular flexibility index (Phi) is 4.04. The average Bonchev–Trinajstić information content (AvgIpc) is 2.64.